The third kappa shape index (κ3) is 3.57. The fourth-order valence-corrected chi connectivity index (χ4v) is 2.30. The minimum absolute atomic E-state index is 0.00339. The number of carbonyl (C=O) groups is 1. The number of benzene rings is 1. The molecule has 0 aliphatic rings. The van der Waals surface area contributed by atoms with E-state index in [1.807, 2.05) is 6.92 Å². The summed E-state index contributed by atoms with van der Waals surface area (Å²) in [6.45, 7) is 2.55. The number of aliphatic carboxylic acids is 1. The SMILES string of the molecule is CCOc1cc(NCCC(=O)O)ccc1-c1nc2n[nH]nc2c(=O)[nH]1. The van der Waals surface area contributed by atoms with E-state index in [0.717, 1.165) is 0 Å². The zero-order valence-electron chi connectivity index (χ0n) is 13.4. The van der Waals surface area contributed by atoms with E-state index in [0.29, 0.717) is 36.0 Å². The first-order valence-corrected chi connectivity index (χ1v) is 7.62. The summed E-state index contributed by atoms with van der Waals surface area (Å²) in [7, 11) is 0. The van der Waals surface area contributed by atoms with Crippen LogP contribution >= 0.6 is 0 Å². The van der Waals surface area contributed by atoms with E-state index in [4.69, 9.17) is 9.84 Å². The molecule has 3 aromatic rings. The first-order valence-electron chi connectivity index (χ1n) is 7.62. The molecule has 0 saturated heterocycles. The van der Waals surface area contributed by atoms with Gasteiger partial charge in [0.2, 0.25) is 5.65 Å². The van der Waals surface area contributed by atoms with Crippen LogP contribution in [0.15, 0.2) is 23.0 Å². The average Bonchev–Trinajstić information content (AvgIpc) is 3.04. The van der Waals surface area contributed by atoms with E-state index < -0.39 is 11.5 Å². The van der Waals surface area contributed by atoms with Gasteiger partial charge in [0, 0.05) is 18.3 Å². The van der Waals surface area contributed by atoms with Crippen molar-refractivity contribution in [3.05, 3.63) is 28.6 Å². The summed E-state index contributed by atoms with van der Waals surface area (Å²) in [5, 5.41) is 21.7. The topological polar surface area (TPSA) is 146 Å². The lowest BCUT2D eigenvalue weighted by atomic mass is 10.1. The van der Waals surface area contributed by atoms with E-state index in [1.165, 1.54) is 0 Å². The molecule has 0 radical (unpaired) electrons. The molecule has 4 N–H and O–H groups in total. The number of nitrogens with zero attached hydrogens (tertiary/aromatic N) is 3. The molecule has 3 rings (SSSR count). The molecule has 0 unspecified atom stereocenters. The Bertz CT molecular complexity index is 964. The molecule has 0 saturated carbocycles. The molecule has 0 aliphatic heterocycles. The summed E-state index contributed by atoms with van der Waals surface area (Å²) >= 11 is 0. The van der Waals surface area contributed by atoms with Crippen molar-refractivity contribution < 1.29 is 14.6 Å². The van der Waals surface area contributed by atoms with Gasteiger partial charge in [0.1, 0.15) is 11.6 Å². The van der Waals surface area contributed by atoms with Crippen LogP contribution in [-0.2, 0) is 4.79 Å². The smallest absolute Gasteiger partial charge is 0.305 e. The van der Waals surface area contributed by atoms with Gasteiger partial charge in [0.15, 0.2) is 5.52 Å². The van der Waals surface area contributed by atoms with Crippen LogP contribution in [0.2, 0.25) is 0 Å². The number of aromatic nitrogens is 5. The zero-order valence-corrected chi connectivity index (χ0v) is 13.4. The fraction of sp³-hybridized carbons (Fsp3) is 0.267. The normalized spacial score (nSPS) is 10.8. The van der Waals surface area contributed by atoms with E-state index >= 15 is 0 Å². The van der Waals surface area contributed by atoms with Crippen LogP contribution in [0, 0.1) is 0 Å². The molecule has 0 aliphatic carbocycles. The van der Waals surface area contributed by atoms with Crippen LogP contribution in [0.1, 0.15) is 13.3 Å². The van der Waals surface area contributed by atoms with Gasteiger partial charge >= 0.3 is 5.97 Å². The van der Waals surface area contributed by atoms with Crippen molar-refractivity contribution >= 4 is 22.8 Å². The fourth-order valence-electron chi connectivity index (χ4n) is 2.30. The maximum atomic E-state index is 12.0. The minimum Gasteiger partial charge on any atom is -0.493 e. The van der Waals surface area contributed by atoms with Gasteiger partial charge in [0.25, 0.3) is 5.56 Å². The van der Waals surface area contributed by atoms with Gasteiger partial charge in [-0.15, -0.1) is 10.2 Å². The van der Waals surface area contributed by atoms with Crippen molar-refractivity contribution in [1.29, 1.82) is 0 Å². The molecule has 2 heterocycles. The highest BCUT2D eigenvalue weighted by atomic mass is 16.5. The van der Waals surface area contributed by atoms with Gasteiger partial charge < -0.3 is 20.1 Å². The van der Waals surface area contributed by atoms with Crippen LogP contribution in [0.5, 0.6) is 5.75 Å². The van der Waals surface area contributed by atoms with Crippen LogP contribution in [0.25, 0.3) is 22.6 Å². The van der Waals surface area contributed by atoms with Gasteiger partial charge in [-0.1, -0.05) is 0 Å². The average molecular weight is 344 g/mol. The maximum absolute atomic E-state index is 12.0. The van der Waals surface area contributed by atoms with Crippen LogP contribution in [-0.4, -0.2) is 49.6 Å². The Morgan fingerprint density at radius 1 is 1.36 bits per heavy atom. The lowest BCUT2D eigenvalue weighted by Crippen LogP contribution is -2.10. The second kappa shape index (κ2) is 6.99. The second-order valence-corrected chi connectivity index (χ2v) is 5.12. The van der Waals surface area contributed by atoms with Gasteiger partial charge in [-0.25, -0.2) is 4.98 Å². The summed E-state index contributed by atoms with van der Waals surface area (Å²) in [5.41, 5.74) is 1.24. The van der Waals surface area contributed by atoms with Gasteiger partial charge in [0.05, 0.1) is 18.6 Å². The van der Waals surface area contributed by atoms with Gasteiger partial charge in [-0.3, -0.25) is 9.59 Å². The van der Waals surface area contributed by atoms with Gasteiger partial charge in [-0.05, 0) is 19.1 Å². The predicted octanol–water partition coefficient (Wildman–Crippen LogP) is 0.993. The summed E-state index contributed by atoms with van der Waals surface area (Å²) < 4.78 is 5.63. The van der Waals surface area contributed by atoms with Crippen molar-refractivity contribution in [1.82, 2.24) is 25.4 Å². The van der Waals surface area contributed by atoms with Crippen LogP contribution in [0.3, 0.4) is 0 Å². The number of H-pyrrole nitrogens is 2. The van der Waals surface area contributed by atoms with E-state index in [1.54, 1.807) is 18.2 Å². The standard InChI is InChI=1S/C15H16N6O4/c1-2-25-10-7-8(16-6-5-11(22)23)3-4-9(10)13-17-14-12(15(24)18-13)19-21-20-14/h3-4,7,16H,2,5-6H2,1H3,(H,22,23)(H2,17,18,19,20,21,24). The van der Waals surface area contributed by atoms with Gasteiger partial charge in [-0.2, -0.15) is 5.21 Å². The number of hydrogen-bond donors (Lipinski definition) is 4. The maximum Gasteiger partial charge on any atom is 0.305 e. The van der Waals surface area contributed by atoms with Crippen molar-refractivity contribution in [2.24, 2.45) is 0 Å². The van der Waals surface area contributed by atoms with Crippen molar-refractivity contribution in [3.63, 3.8) is 0 Å². The Morgan fingerprint density at radius 3 is 2.96 bits per heavy atom. The Balaban J connectivity index is 1.96. The molecule has 2 aromatic heterocycles. The highest BCUT2D eigenvalue weighted by Crippen LogP contribution is 2.30. The Morgan fingerprint density at radius 2 is 2.20 bits per heavy atom. The second-order valence-electron chi connectivity index (χ2n) is 5.12. The quantitative estimate of drug-likeness (QED) is 0.496. The molecule has 0 fully saturated rings. The predicted molar refractivity (Wildman–Crippen MR) is 89.7 cm³/mol. The largest absolute Gasteiger partial charge is 0.493 e. The Labute approximate surface area is 141 Å². The number of aromatic amines is 2. The molecule has 10 nitrogen and oxygen atoms in total. The third-order valence-corrected chi connectivity index (χ3v) is 3.40. The molecule has 130 valence electrons. The summed E-state index contributed by atoms with van der Waals surface area (Å²) in [4.78, 5) is 29.6. The first kappa shape index (κ1) is 16.4. The van der Waals surface area contributed by atoms with E-state index in [-0.39, 0.29) is 17.6 Å². The molecule has 1 aromatic carbocycles. The number of nitrogens with one attached hydrogen (secondary N) is 3. The molecule has 0 spiro atoms. The minimum atomic E-state index is -0.878. The molecule has 10 heteroatoms. The highest BCUT2D eigenvalue weighted by Gasteiger charge is 2.14. The van der Waals surface area contributed by atoms with Crippen molar-refractivity contribution in [2.45, 2.75) is 13.3 Å². The Kier molecular flexibility index (Phi) is 4.59. The number of ether oxygens (including phenoxy) is 1. The molecule has 0 amide bonds. The van der Waals surface area contributed by atoms with E-state index in [9.17, 15) is 9.59 Å². The summed E-state index contributed by atoms with van der Waals surface area (Å²) in [6, 6.07) is 5.22. The number of hydrogen-bond acceptors (Lipinski definition) is 7. The number of rotatable bonds is 7. The zero-order chi connectivity index (χ0) is 17.8. The lowest BCUT2D eigenvalue weighted by molar-refractivity contribution is -0.136. The Hall–Kier alpha value is -3.43. The summed E-state index contributed by atoms with van der Waals surface area (Å²) in [5.74, 6) is -0.0578. The first-order chi connectivity index (χ1) is 12.1. The molecule has 0 atom stereocenters. The number of carboxylic acid groups (broad SMARTS) is 1. The number of fused-ring (bicyclic) bond motifs is 1. The van der Waals surface area contributed by atoms with Crippen LogP contribution in [0.4, 0.5) is 5.69 Å². The third-order valence-electron chi connectivity index (χ3n) is 3.40. The molecule has 25 heavy (non-hydrogen) atoms. The number of carboxylic acids is 1. The lowest BCUT2D eigenvalue weighted by Gasteiger charge is -2.12. The monoisotopic (exact) mass is 344 g/mol. The molecular formula is C15H16N6O4. The van der Waals surface area contributed by atoms with E-state index in [2.05, 4.69) is 30.7 Å². The molecule has 0 bridgehead atoms. The molecular weight excluding hydrogens is 328 g/mol. The summed E-state index contributed by atoms with van der Waals surface area (Å²) in [6.07, 6.45) is 0.00339. The highest BCUT2D eigenvalue weighted by molar-refractivity contribution is 5.74. The van der Waals surface area contributed by atoms with Crippen molar-refractivity contribution in [3.8, 4) is 17.1 Å². The van der Waals surface area contributed by atoms with Crippen molar-refractivity contribution in [2.75, 3.05) is 18.5 Å². The van der Waals surface area contributed by atoms with Crippen LogP contribution < -0.4 is 15.6 Å². The number of anilines is 1.